The zero-order chi connectivity index (χ0) is 11.0. The van der Waals surface area contributed by atoms with Gasteiger partial charge in [0, 0.05) is 12.0 Å². The van der Waals surface area contributed by atoms with Crippen LogP contribution in [0.1, 0.15) is 5.56 Å². The Bertz CT molecular complexity index is 418. The van der Waals surface area contributed by atoms with Crippen molar-refractivity contribution in [2.45, 2.75) is 12.5 Å². The van der Waals surface area contributed by atoms with Gasteiger partial charge in [0.15, 0.2) is 11.6 Å². The third-order valence-electron chi connectivity index (χ3n) is 2.17. The van der Waals surface area contributed by atoms with Crippen LogP contribution in [0.3, 0.4) is 0 Å². The monoisotopic (exact) mass is 215 g/mol. The van der Waals surface area contributed by atoms with Crippen molar-refractivity contribution in [3.8, 4) is 0 Å². The minimum atomic E-state index is -1.21. The number of epoxide rings is 1. The summed E-state index contributed by atoms with van der Waals surface area (Å²) in [6, 6.07) is 1.46. The van der Waals surface area contributed by atoms with Crippen molar-refractivity contribution >= 4 is 5.69 Å². The topological polar surface area (TPSA) is 55.7 Å². The van der Waals surface area contributed by atoms with Gasteiger partial charge in [-0.15, -0.1) is 0 Å². The number of hydrogen-bond acceptors (Lipinski definition) is 3. The molecular weight excluding hydrogens is 208 g/mol. The summed E-state index contributed by atoms with van der Waals surface area (Å²) in [5, 5.41) is 10.6. The largest absolute Gasteiger partial charge is 0.373 e. The predicted octanol–water partition coefficient (Wildman–Crippen LogP) is 1.81. The molecule has 0 saturated carbocycles. The maximum Gasteiger partial charge on any atom is 0.275 e. The highest BCUT2D eigenvalue weighted by atomic mass is 19.2. The van der Waals surface area contributed by atoms with Crippen LogP contribution in [0, 0.1) is 21.7 Å². The second-order valence-corrected chi connectivity index (χ2v) is 3.31. The van der Waals surface area contributed by atoms with E-state index in [-0.39, 0.29) is 18.1 Å². The smallest absolute Gasteiger partial charge is 0.275 e. The van der Waals surface area contributed by atoms with E-state index < -0.39 is 22.2 Å². The van der Waals surface area contributed by atoms with Crippen LogP contribution in [0.5, 0.6) is 0 Å². The molecule has 0 aromatic heterocycles. The fourth-order valence-corrected chi connectivity index (χ4v) is 1.34. The Balaban J connectivity index is 2.39. The molecule has 1 aliphatic heterocycles. The molecule has 1 unspecified atom stereocenters. The van der Waals surface area contributed by atoms with Crippen molar-refractivity contribution in [3.05, 3.63) is 39.4 Å². The highest BCUT2D eigenvalue weighted by Gasteiger charge is 2.28. The number of benzene rings is 1. The van der Waals surface area contributed by atoms with Crippen LogP contribution >= 0.6 is 0 Å². The number of rotatable bonds is 3. The molecule has 6 heteroatoms. The zero-order valence-corrected chi connectivity index (χ0v) is 7.57. The summed E-state index contributed by atoms with van der Waals surface area (Å²) in [5.41, 5.74) is -0.231. The Morgan fingerprint density at radius 2 is 2.07 bits per heavy atom. The van der Waals surface area contributed by atoms with Crippen molar-refractivity contribution < 1.29 is 18.4 Å². The van der Waals surface area contributed by atoms with Crippen LogP contribution < -0.4 is 0 Å². The molecule has 1 fully saturated rings. The molecule has 1 saturated heterocycles. The molecule has 0 bridgehead atoms. The molecule has 80 valence electrons. The van der Waals surface area contributed by atoms with Crippen LogP contribution in [0.4, 0.5) is 14.5 Å². The van der Waals surface area contributed by atoms with E-state index >= 15 is 0 Å². The summed E-state index contributed by atoms with van der Waals surface area (Å²) in [6.07, 6.45) is 0.140. The maximum absolute atomic E-state index is 12.9. The van der Waals surface area contributed by atoms with E-state index in [1.807, 2.05) is 0 Å². The van der Waals surface area contributed by atoms with Crippen molar-refractivity contribution in [1.82, 2.24) is 0 Å². The van der Waals surface area contributed by atoms with Gasteiger partial charge in [0.1, 0.15) is 0 Å². The van der Waals surface area contributed by atoms with Crippen LogP contribution in [0.25, 0.3) is 0 Å². The third kappa shape index (κ3) is 2.10. The first-order chi connectivity index (χ1) is 7.08. The van der Waals surface area contributed by atoms with Crippen molar-refractivity contribution in [1.29, 1.82) is 0 Å². The van der Waals surface area contributed by atoms with Gasteiger partial charge in [-0.2, -0.15) is 0 Å². The number of nitro benzene ring substituents is 1. The van der Waals surface area contributed by atoms with Crippen LogP contribution in [-0.2, 0) is 11.2 Å². The fraction of sp³-hybridized carbons (Fsp3) is 0.333. The summed E-state index contributed by atoms with van der Waals surface area (Å²) in [7, 11) is 0. The molecule has 0 spiro atoms. The number of nitrogens with zero attached hydrogens (tertiary/aromatic N) is 1. The lowest BCUT2D eigenvalue weighted by Crippen LogP contribution is -2.02. The zero-order valence-electron chi connectivity index (χ0n) is 7.57. The highest BCUT2D eigenvalue weighted by Crippen LogP contribution is 2.26. The quantitative estimate of drug-likeness (QED) is 0.439. The third-order valence-corrected chi connectivity index (χ3v) is 2.17. The number of halogens is 2. The molecule has 4 nitrogen and oxygen atoms in total. The van der Waals surface area contributed by atoms with Gasteiger partial charge in [-0.1, -0.05) is 0 Å². The molecule has 1 aromatic rings. The summed E-state index contributed by atoms with van der Waals surface area (Å²) < 4.78 is 30.5. The average Bonchev–Trinajstić information content (AvgIpc) is 2.94. The Hall–Kier alpha value is -1.56. The Labute approximate surface area is 83.6 Å². The predicted molar refractivity (Wildman–Crippen MR) is 46.5 cm³/mol. The molecule has 1 heterocycles. The van der Waals surface area contributed by atoms with Gasteiger partial charge in [-0.25, -0.2) is 8.78 Å². The first-order valence-electron chi connectivity index (χ1n) is 4.32. The molecular formula is C9H7F2NO3. The number of ether oxygens (including phenoxy) is 1. The lowest BCUT2D eigenvalue weighted by molar-refractivity contribution is -0.385. The molecule has 0 amide bonds. The normalized spacial score (nSPS) is 18.9. The van der Waals surface area contributed by atoms with E-state index in [1.165, 1.54) is 0 Å². The van der Waals surface area contributed by atoms with Crippen molar-refractivity contribution in [2.75, 3.05) is 6.61 Å². The standard InChI is InChI=1S/C9H7F2NO3/c10-7-2-5(1-6-4-15-6)9(12(13)14)3-8(7)11/h2-3,6H,1,4H2. The van der Waals surface area contributed by atoms with Gasteiger partial charge in [0.05, 0.1) is 23.7 Å². The fourth-order valence-electron chi connectivity index (χ4n) is 1.34. The minimum Gasteiger partial charge on any atom is -0.373 e. The van der Waals surface area contributed by atoms with Gasteiger partial charge in [-0.05, 0) is 6.07 Å². The first kappa shape index (κ1) is 9.97. The van der Waals surface area contributed by atoms with Gasteiger partial charge in [-0.3, -0.25) is 10.1 Å². The van der Waals surface area contributed by atoms with Gasteiger partial charge in [0.25, 0.3) is 5.69 Å². The van der Waals surface area contributed by atoms with Crippen LogP contribution in [0.2, 0.25) is 0 Å². The molecule has 1 aromatic carbocycles. The molecule has 0 N–H and O–H groups in total. The Kier molecular flexibility index (Phi) is 2.36. The van der Waals surface area contributed by atoms with Crippen LogP contribution in [0.15, 0.2) is 12.1 Å². The van der Waals surface area contributed by atoms with E-state index in [0.717, 1.165) is 6.07 Å². The highest BCUT2D eigenvalue weighted by molar-refractivity contribution is 5.41. The molecule has 1 atom stereocenters. The summed E-state index contributed by atoms with van der Waals surface area (Å²) in [4.78, 5) is 9.84. The van der Waals surface area contributed by atoms with E-state index in [0.29, 0.717) is 12.7 Å². The van der Waals surface area contributed by atoms with Crippen molar-refractivity contribution in [2.24, 2.45) is 0 Å². The lowest BCUT2D eigenvalue weighted by atomic mass is 10.1. The Morgan fingerprint density at radius 1 is 1.47 bits per heavy atom. The van der Waals surface area contributed by atoms with Gasteiger partial charge >= 0.3 is 0 Å². The molecule has 1 aliphatic rings. The van der Waals surface area contributed by atoms with Crippen molar-refractivity contribution in [3.63, 3.8) is 0 Å². The molecule has 0 radical (unpaired) electrons. The maximum atomic E-state index is 12.9. The van der Waals surface area contributed by atoms with E-state index in [4.69, 9.17) is 4.74 Å². The SMILES string of the molecule is O=[N+]([O-])c1cc(F)c(F)cc1CC1CO1. The Morgan fingerprint density at radius 3 is 2.60 bits per heavy atom. The summed E-state index contributed by atoms with van der Waals surface area (Å²) >= 11 is 0. The van der Waals surface area contributed by atoms with Crippen LogP contribution in [-0.4, -0.2) is 17.6 Å². The molecule has 15 heavy (non-hydrogen) atoms. The summed E-state index contributed by atoms with van der Waals surface area (Å²) in [5.74, 6) is -2.28. The summed E-state index contributed by atoms with van der Waals surface area (Å²) in [6.45, 7) is 0.510. The first-order valence-corrected chi connectivity index (χ1v) is 4.32. The minimum absolute atomic E-state index is 0.103. The van der Waals surface area contributed by atoms with Gasteiger partial charge < -0.3 is 4.74 Å². The second kappa shape index (κ2) is 3.54. The second-order valence-electron chi connectivity index (χ2n) is 3.31. The van der Waals surface area contributed by atoms with Gasteiger partial charge in [0.2, 0.25) is 0 Å². The number of nitro groups is 1. The number of hydrogen-bond donors (Lipinski definition) is 0. The van der Waals surface area contributed by atoms with E-state index in [9.17, 15) is 18.9 Å². The van der Waals surface area contributed by atoms with E-state index in [2.05, 4.69) is 0 Å². The average molecular weight is 215 g/mol. The lowest BCUT2D eigenvalue weighted by Gasteiger charge is -2.01. The molecule has 0 aliphatic carbocycles. The molecule has 2 rings (SSSR count). The van der Waals surface area contributed by atoms with E-state index in [1.54, 1.807) is 0 Å².